The standard InChI is InChI=1S/C19H24N2O2/c1-15-6-5-7-16(14-15)10-12-20-19(22)21-13-11-17-8-3-4-9-18(17)23-2/h3-9,14H,10-13H2,1-2H3,(H2,20,21,22). The van der Waals surface area contributed by atoms with Gasteiger partial charge >= 0.3 is 6.03 Å². The lowest BCUT2D eigenvalue weighted by atomic mass is 10.1. The van der Waals surface area contributed by atoms with Gasteiger partial charge in [-0.2, -0.15) is 0 Å². The zero-order valence-electron chi connectivity index (χ0n) is 13.8. The van der Waals surface area contributed by atoms with E-state index in [4.69, 9.17) is 4.74 Å². The van der Waals surface area contributed by atoms with Gasteiger partial charge in [-0.05, 0) is 37.0 Å². The van der Waals surface area contributed by atoms with Crippen molar-refractivity contribution in [3.63, 3.8) is 0 Å². The molecular weight excluding hydrogens is 288 g/mol. The van der Waals surface area contributed by atoms with Crippen molar-refractivity contribution in [3.8, 4) is 5.75 Å². The average Bonchev–Trinajstić information content (AvgIpc) is 2.55. The van der Waals surface area contributed by atoms with Gasteiger partial charge in [0, 0.05) is 13.1 Å². The van der Waals surface area contributed by atoms with E-state index in [1.54, 1.807) is 7.11 Å². The summed E-state index contributed by atoms with van der Waals surface area (Å²) in [7, 11) is 1.66. The van der Waals surface area contributed by atoms with Gasteiger partial charge in [0.25, 0.3) is 0 Å². The Morgan fingerprint density at radius 2 is 1.74 bits per heavy atom. The van der Waals surface area contributed by atoms with Crippen LogP contribution >= 0.6 is 0 Å². The summed E-state index contributed by atoms with van der Waals surface area (Å²) in [6.07, 6.45) is 1.58. The summed E-state index contributed by atoms with van der Waals surface area (Å²) in [5, 5.41) is 5.76. The minimum atomic E-state index is -0.132. The molecule has 0 saturated heterocycles. The molecule has 2 aromatic carbocycles. The summed E-state index contributed by atoms with van der Waals surface area (Å²) in [6, 6.07) is 16.0. The molecule has 4 heteroatoms. The van der Waals surface area contributed by atoms with Crippen LogP contribution < -0.4 is 15.4 Å². The molecule has 0 bridgehead atoms. The topological polar surface area (TPSA) is 50.4 Å². The number of para-hydroxylation sites is 1. The number of benzene rings is 2. The van der Waals surface area contributed by atoms with Gasteiger partial charge in [0.05, 0.1) is 7.11 Å². The van der Waals surface area contributed by atoms with E-state index in [0.29, 0.717) is 13.1 Å². The molecule has 2 aromatic rings. The Morgan fingerprint density at radius 1 is 1.00 bits per heavy atom. The normalized spacial score (nSPS) is 10.2. The number of aryl methyl sites for hydroxylation is 1. The first kappa shape index (κ1) is 16.9. The maximum atomic E-state index is 11.8. The Labute approximate surface area is 137 Å². The van der Waals surface area contributed by atoms with E-state index in [1.165, 1.54) is 11.1 Å². The third kappa shape index (κ3) is 5.66. The zero-order chi connectivity index (χ0) is 16.5. The Hall–Kier alpha value is -2.49. The fourth-order valence-corrected chi connectivity index (χ4v) is 2.47. The predicted molar refractivity (Wildman–Crippen MR) is 93.0 cm³/mol. The SMILES string of the molecule is COc1ccccc1CCNC(=O)NCCc1cccc(C)c1. The Morgan fingerprint density at radius 3 is 2.48 bits per heavy atom. The van der Waals surface area contributed by atoms with Crippen LogP contribution in [0.4, 0.5) is 4.79 Å². The van der Waals surface area contributed by atoms with Crippen LogP contribution in [-0.2, 0) is 12.8 Å². The molecule has 0 aliphatic heterocycles. The Bertz CT molecular complexity index is 641. The molecule has 0 fully saturated rings. The molecule has 0 aliphatic rings. The summed E-state index contributed by atoms with van der Waals surface area (Å²) in [5.41, 5.74) is 3.57. The van der Waals surface area contributed by atoms with Crippen molar-refractivity contribution in [2.45, 2.75) is 19.8 Å². The first-order valence-electron chi connectivity index (χ1n) is 7.88. The zero-order valence-corrected chi connectivity index (χ0v) is 13.8. The van der Waals surface area contributed by atoms with Gasteiger partial charge in [-0.1, -0.05) is 48.0 Å². The first-order valence-corrected chi connectivity index (χ1v) is 7.88. The summed E-state index contributed by atoms with van der Waals surface area (Å²) < 4.78 is 5.30. The quantitative estimate of drug-likeness (QED) is 0.825. The van der Waals surface area contributed by atoms with Crippen LogP contribution in [0.3, 0.4) is 0 Å². The van der Waals surface area contributed by atoms with Gasteiger partial charge < -0.3 is 15.4 Å². The second kappa shape index (κ2) is 8.83. The number of rotatable bonds is 7. The molecule has 0 heterocycles. The minimum Gasteiger partial charge on any atom is -0.496 e. The third-order valence-corrected chi connectivity index (χ3v) is 3.65. The lowest BCUT2D eigenvalue weighted by molar-refractivity contribution is 0.241. The highest BCUT2D eigenvalue weighted by atomic mass is 16.5. The van der Waals surface area contributed by atoms with E-state index in [0.717, 1.165) is 24.2 Å². The van der Waals surface area contributed by atoms with Crippen LogP contribution in [0.2, 0.25) is 0 Å². The molecule has 0 atom stereocenters. The maximum absolute atomic E-state index is 11.8. The minimum absolute atomic E-state index is 0.132. The van der Waals surface area contributed by atoms with Gasteiger partial charge in [-0.25, -0.2) is 4.79 Å². The number of carbonyl (C=O) groups is 1. The summed E-state index contributed by atoms with van der Waals surface area (Å²) in [6.45, 7) is 3.28. The van der Waals surface area contributed by atoms with Gasteiger partial charge in [-0.3, -0.25) is 0 Å². The molecule has 122 valence electrons. The maximum Gasteiger partial charge on any atom is 0.314 e. The second-order valence-electron chi connectivity index (χ2n) is 5.48. The van der Waals surface area contributed by atoms with Crippen molar-refractivity contribution < 1.29 is 9.53 Å². The van der Waals surface area contributed by atoms with Crippen LogP contribution in [0.5, 0.6) is 5.75 Å². The number of ether oxygens (including phenoxy) is 1. The van der Waals surface area contributed by atoms with Crippen molar-refractivity contribution in [2.24, 2.45) is 0 Å². The molecule has 0 radical (unpaired) electrons. The monoisotopic (exact) mass is 312 g/mol. The lowest BCUT2D eigenvalue weighted by Gasteiger charge is -2.10. The second-order valence-corrected chi connectivity index (χ2v) is 5.48. The molecule has 0 aromatic heterocycles. The number of amides is 2. The molecule has 0 aliphatic carbocycles. The summed E-state index contributed by atoms with van der Waals surface area (Å²) >= 11 is 0. The number of nitrogens with one attached hydrogen (secondary N) is 2. The van der Waals surface area contributed by atoms with Crippen molar-refractivity contribution in [3.05, 3.63) is 65.2 Å². The van der Waals surface area contributed by atoms with Gasteiger partial charge in [0.15, 0.2) is 0 Å². The van der Waals surface area contributed by atoms with Gasteiger partial charge in [0.2, 0.25) is 0 Å². The number of urea groups is 1. The third-order valence-electron chi connectivity index (χ3n) is 3.65. The lowest BCUT2D eigenvalue weighted by Crippen LogP contribution is -2.37. The Balaban J connectivity index is 1.67. The fraction of sp³-hybridized carbons (Fsp3) is 0.316. The molecule has 0 spiro atoms. The first-order chi connectivity index (χ1) is 11.2. The molecule has 2 rings (SSSR count). The van der Waals surface area contributed by atoms with E-state index < -0.39 is 0 Å². The summed E-state index contributed by atoms with van der Waals surface area (Å²) in [4.78, 5) is 11.8. The number of methoxy groups -OCH3 is 1. The van der Waals surface area contributed by atoms with Crippen LogP contribution in [0.15, 0.2) is 48.5 Å². The van der Waals surface area contributed by atoms with Gasteiger partial charge in [-0.15, -0.1) is 0 Å². The molecule has 2 amide bonds. The van der Waals surface area contributed by atoms with E-state index in [1.807, 2.05) is 30.3 Å². The van der Waals surface area contributed by atoms with Crippen molar-refractivity contribution in [1.29, 1.82) is 0 Å². The highest BCUT2D eigenvalue weighted by Gasteiger charge is 2.03. The largest absolute Gasteiger partial charge is 0.496 e. The highest BCUT2D eigenvalue weighted by Crippen LogP contribution is 2.17. The number of hydrogen-bond donors (Lipinski definition) is 2. The van der Waals surface area contributed by atoms with Gasteiger partial charge in [0.1, 0.15) is 5.75 Å². The van der Waals surface area contributed by atoms with Crippen LogP contribution in [0, 0.1) is 6.92 Å². The Kier molecular flexibility index (Phi) is 6.48. The smallest absolute Gasteiger partial charge is 0.314 e. The molecule has 23 heavy (non-hydrogen) atoms. The fourth-order valence-electron chi connectivity index (χ4n) is 2.47. The van der Waals surface area contributed by atoms with E-state index in [-0.39, 0.29) is 6.03 Å². The van der Waals surface area contributed by atoms with Crippen molar-refractivity contribution >= 4 is 6.03 Å². The number of carbonyl (C=O) groups excluding carboxylic acids is 1. The summed E-state index contributed by atoms with van der Waals surface area (Å²) in [5.74, 6) is 0.856. The van der Waals surface area contributed by atoms with Crippen LogP contribution in [0.25, 0.3) is 0 Å². The molecule has 2 N–H and O–H groups in total. The number of hydrogen-bond acceptors (Lipinski definition) is 2. The van der Waals surface area contributed by atoms with E-state index in [9.17, 15) is 4.79 Å². The predicted octanol–water partition coefficient (Wildman–Crippen LogP) is 3.09. The molecular formula is C19H24N2O2. The van der Waals surface area contributed by atoms with Crippen LogP contribution in [0.1, 0.15) is 16.7 Å². The van der Waals surface area contributed by atoms with Crippen molar-refractivity contribution in [2.75, 3.05) is 20.2 Å². The van der Waals surface area contributed by atoms with Crippen molar-refractivity contribution in [1.82, 2.24) is 10.6 Å². The molecule has 0 saturated carbocycles. The van der Waals surface area contributed by atoms with E-state index >= 15 is 0 Å². The van der Waals surface area contributed by atoms with Crippen LogP contribution in [-0.4, -0.2) is 26.2 Å². The van der Waals surface area contributed by atoms with E-state index in [2.05, 4.69) is 35.8 Å². The highest BCUT2D eigenvalue weighted by molar-refractivity contribution is 5.73. The average molecular weight is 312 g/mol. The molecule has 0 unspecified atom stereocenters. The molecule has 4 nitrogen and oxygen atoms in total.